The predicted molar refractivity (Wildman–Crippen MR) is 57.7 cm³/mol. The van der Waals surface area contributed by atoms with E-state index < -0.39 is 23.6 Å². The highest BCUT2D eigenvalue weighted by Gasteiger charge is 2.23. The van der Waals surface area contributed by atoms with Crippen LogP contribution in [0.25, 0.3) is 0 Å². The van der Waals surface area contributed by atoms with Crippen molar-refractivity contribution in [1.82, 2.24) is 5.32 Å². The van der Waals surface area contributed by atoms with Crippen LogP contribution in [-0.2, 0) is 14.3 Å². The summed E-state index contributed by atoms with van der Waals surface area (Å²) in [6.07, 6.45) is -0.969. The molecule has 6 nitrogen and oxygen atoms in total. The van der Waals surface area contributed by atoms with Crippen molar-refractivity contribution in [3.63, 3.8) is 0 Å². The largest absolute Gasteiger partial charge is 0.444 e. The highest BCUT2D eigenvalue weighted by atomic mass is 16.6. The second-order valence-electron chi connectivity index (χ2n) is 4.48. The Morgan fingerprint density at radius 2 is 1.81 bits per heavy atom. The van der Waals surface area contributed by atoms with Gasteiger partial charge in [0.15, 0.2) is 5.78 Å². The molecular formula is C10H18N2O4. The number of nitrogens with two attached hydrogens (primary N) is 1. The highest BCUT2D eigenvalue weighted by molar-refractivity contribution is 5.90. The van der Waals surface area contributed by atoms with Crippen molar-refractivity contribution in [3.05, 3.63) is 0 Å². The summed E-state index contributed by atoms with van der Waals surface area (Å²) in [7, 11) is 0. The Morgan fingerprint density at radius 1 is 1.31 bits per heavy atom. The van der Waals surface area contributed by atoms with Gasteiger partial charge in [-0.1, -0.05) is 0 Å². The van der Waals surface area contributed by atoms with E-state index in [1.807, 2.05) is 0 Å². The smallest absolute Gasteiger partial charge is 0.408 e. The average Bonchev–Trinajstić information content (AvgIpc) is 1.97. The minimum absolute atomic E-state index is 0.228. The second-order valence-corrected chi connectivity index (χ2v) is 4.48. The molecule has 0 heterocycles. The molecule has 3 N–H and O–H groups in total. The molecule has 0 unspecified atom stereocenters. The van der Waals surface area contributed by atoms with Crippen LogP contribution in [0.4, 0.5) is 4.79 Å². The van der Waals surface area contributed by atoms with Crippen LogP contribution in [0.15, 0.2) is 0 Å². The highest BCUT2D eigenvalue weighted by Crippen LogP contribution is 2.07. The lowest BCUT2D eigenvalue weighted by Crippen LogP contribution is -2.44. The molecule has 0 aromatic rings. The summed E-state index contributed by atoms with van der Waals surface area (Å²) in [5.41, 5.74) is 4.30. The van der Waals surface area contributed by atoms with E-state index >= 15 is 0 Å². The number of rotatable bonds is 4. The first-order valence-corrected chi connectivity index (χ1v) is 4.90. The fourth-order valence-electron chi connectivity index (χ4n) is 0.947. The quantitative estimate of drug-likeness (QED) is 0.727. The van der Waals surface area contributed by atoms with Gasteiger partial charge in [-0.3, -0.25) is 9.59 Å². The Bertz CT molecular complexity index is 294. The minimum atomic E-state index is -0.924. The lowest BCUT2D eigenvalue weighted by Gasteiger charge is -2.22. The molecule has 0 aromatic carbocycles. The van der Waals surface area contributed by atoms with Crippen LogP contribution in [0.1, 0.15) is 34.1 Å². The van der Waals surface area contributed by atoms with Gasteiger partial charge in [0.1, 0.15) is 5.60 Å². The van der Waals surface area contributed by atoms with Gasteiger partial charge >= 0.3 is 6.09 Å². The number of primary amides is 1. The van der Waals surface area contributed by atoms with Crippen LogP contribution in [0.3, 0.4) is 0 Å². The molecule has 0 bridgehead atoms. The first-order chi connectivity index (χ1) is 7.11. The lowest BCUT2D eigenvalue weighted by atomic mass is 10.1. The normalized spacial score (nSPS) is 12.8. The predicted octanol–water partition coefficient (Wildman–Crippen LogP) is 0.344. The number of alkyl carbamates (subject to hydrolysis) is 1. The number of carbonyl (C=O) groups excluding carboxylic acids is 3. The van der Waals surface area contributed by atoms with Crippen LogP contribution in [0.5, 0.6) is 0 Å². The molecule has 0 fully saturated rings. The summed E-state index contributed by atoms with van der Waals surface area (Å²) in [6, 6.07) is -0.924. The van der Waals surface area contributed by atoms with E-state index in [1.54, 1.807) is 20.8 Å². The van der Waals surface area contributed by atoms with Crippen molar-refractivity contribution in [3.8, 4) is 0 Å². The Kier molecular flexibility index (Phi) is 4.94. The van der Waals surface area contributed by atoms with Gasteiger partial charge in [-0.05, 0) is 27.7 Å². The number of ether oxygens (including phenoxy) is 1. The maximum atomic E-state index is 11.3. The second kappa shape index (κ2) is 5.48. The molecule has 0 radical (unpaired) electrons. The summed E-state index contributed by atoms with van der Waals surface area (Å²) in [5.74, 6) is -0.999. The number of hydrogen-bond acceptors (Lipinski definition) is 4. The van der Waals surface area contributed by atoms with Crippen LogP contribution < -0.4 is 11.1 Å². The van der Waals surface area contributed by atoms with E-state index in [2.05, 4.69) is 5.32 Å². The van der Waals surface area contributed by atoms with E-state index in [-0.39, 0.29) is 12.2 Å². The molecule has 0 aromatic heterocycles. The lowest BCUT2D eigenvalue weighted by molar-refractivity contribution is -0.124. The zero-order valence-electron chi connectivity index (χ0n) is 9.99. The van der Waals surface area contributed by atoms with Crippen molar-refractivity contribution in [1.29, 1.82) is 0 Å². The van der Waals surface area contributed by atoms with E-state index in [9.17, 15) is 14.4 Å². The molecule has 6 heteroatoms. The standard InChI is InChI=1S/C10H18N2O4/c1-6(13)7(5-8(11)14)12-9(15)16-10(2,3)4/h7H,5H2,1-4H3,(H2,11,14)(H,12,15)/t7-/m1/s1. The third-order valence-electron chi connectivity index (χ3n) is 1.59. The van der Waals surface area contributed by atoms with E-state index in [4.69, 9.17) is 10.5 Å². The monoisotopic (exact) mass is 230 g/mol. The fourth-order valence-corrected chi connectivity index (χ4v) is 0.947. The summed E-state index contributed by atoms with van der Waals surface area (Å²) >= 11 is 0. The molecule has 0 aliphatic heterocycles. The SMILES string of the molecule is CC(=O)[C@@H](CC(N)=O)NC(=O)OC(C)(C)C. The first-order valence-electron chi connectivity index (χ1n) is 4.90. The van der Waals surface area contributed by atoms with Crippen LogP contribution in [0, 0.1) is 0 Å². The maximum Gasteiger partial charge on any atom is 0.408 e. The number of ketones is 1. The van der Waals surface area contributed by atoms with Crippen molar-refractivity contribution in [2.45, 2.75) is 45.8 Å². The minimum Gasteiger partial charge on any atom is -0.444 e. The van der Waals surface area contributed by atoms with Gasteiger partial charge in [0.05, 0.1) is 12.5 Å². The Labute approximate surface area is 94.5 Å². The van der Waals surface area contributed by atoms with Gasteiger partial charge in [-0.25, -0.2) is 4.79 Å². The molecule has 16 heavy (non-hydrogen) atoms. The molecular weight excluding hydrogens is 212 g/mol. The molecule has 0 aliphatic rings. The zero-order valence-corrected chi connectivity index (χ0v) is 9.99. The van der Waals surface area contributed by atoms with Crippen LogP contribution >= 0.6 is 0 Å². The van der Waals surface area contributed by atoms with Gasteiger partial charge in [0.2, 0.25) is 5.91 Å². The average molecular weight is 230 g/mol. The van der Waals surface area contributed by atoms with Crippen molar-refractivity contribution in [2.24, 2.45) is 5.73 Å². The number of amides is 2. The summed E-state index contributed by atoms with van der Waals surface area (Å²) in [5, 5.41) is 2.29. The molecule has 2 amide bonds. The third-order valence-corrected chi connectivity index (χ3v) is 1.59. The van der Waals surface area contributed by atoms with E-state index in [1.165, 1.54) is 6.92 Å². The molecule has 0 saturated heterocycles. The molecule has 92 valence electrons. The summed E-state index contributed by atoms with van der Waals surface area (Å²) in [4.78, 5) is 33.1. The molecule has 0 spiro atoms. The Morgan fingerprint density at radius 3 is 2.12 bits per heavy atom. The third kappa shape index (κ3) is 6.80. The Balaban J connectivity index is 4.35. The van der Waals surface area contributed by atoms with Crippen molar-refractivity contribution >= 4 is 17.8 Å². The van der Waals surface area contributed by atoms with Crippen molar-refractivity contribution in [2.75, 3.05) is 0 Å². The number of carbonyl (C=O) groups is 3. The van der Waals surface area contributed by atoms with E-state index in [0.717, 1.165) is 0 Å². The Hall–Kier alpha value is -1.59. The number of nitrogens with one attached hydrogen (secondary N) is 1. The van der Waals surface area contributed by atoms with Gasteiger partial charge < -0.3 is 15.8 Å². The molecule has 0 rings (SSSR count). The first kappa shape index (κ1) is 14.4. The van der Waals surface area contributed by atoms with Crippen LogP contribution in [0.2, 0.25) is 0 Å². The summed E-state index contributed by atoms with van der Waals surface area (Å²) < 4.78 is 4.95. The van der Waals surface area contributed by atoms with Crippen LogP contribution in [-0.4, -0.2) is 29.4 Å². The fraction of sp³-hybridized carbons (Fsp3) is 0.700. The molecule has 0 aliphatic carbocycles. The molecule has 1 atom stereocenters. The van der Waals surface area contributed by atoms with Crippen molar-refractivity contribution < 1.29 is 19.1 Å². The maximum absolute atomic E-state index is 11.3. The van der Waals surface area contributed by atoms with Gasteiger partial charge in [-0.15, -0.1) is 0 Å². The number of hydrogen-bond donors (Lipinski definition) is 2. The van der Waals surface area contributed by atoms with Gasteiger partial charge in [-0.2, -0.15) is 0 Å². The van der Waals surface area contributed by atoms with Gasteiger partial charge in [0, 0.05) is 0 Å². The molecule has 0 saturated carbocycles. The van der Waals surface area contributed by atoms with Gasteiger partial charge in [0.25, 0.3) is 0 Å². The zero-order chi connectivity index (χ0) is 12.9. The van der Waals surface area contributed by atoms with E-state index in [0.29, 0.717) is 0 Å². The number of Topliss-reactive ketones (excluding diaryl/α,β-unsaturated/α-hetero) is 1. The summed E-state index contributed by atoms with van der Waals surface area (Å²) in [6.45, 7) is 6.36. The topological polar surface area (TPSA) is 98.5 Å².